The van der Waals surface area contributed by atoms with Crippen molar-refractivity contribution >= 4 is 19.8 Å². The maximum atomic E-state index is 12.8. The van der Waals surface area contributed by atoms with E-state index in [0.717, 1.165) is 103 Å². The minimum absolute atomic E-state index is 0.0250. The van der Waals surface area contributed by atoms with Crippen LogP contribution in [0.15, 0.2) is 97.2 Å². The van der Waals surface area contributed by atoms with Gasteiger partial charge in [0.25, 0.3) is 0 Å². The Kier molecular flexibility index (Phi) is 49.6. The van der Waals surface area contributed by atoms with Crippen molar-refractivity contribution in [2.24, 2.45) is 0 Å². The molecule has 0 aromatic carbocycles. The topological polar surface area (TPSA) is 108 Å². The van der Waals surface area contributed by atoms with Crippen LogP contribution in [0.3, 0.4) is 0 Å². The van der Waals surface area contributed by atoms with Crippen molar-refractivity contribution in [3.05, 3.63) is 97.2 Å². The second-order valence-electron chi connectivity index (χ2n) is 19.9. The molecule has 2 atom stereocenters. The van der Waals surface area contributed by atoms with Gasteiger partial charge in [-0.25, -0.2) is 4.57 Å². The number of carbonyl (C=O) groups excluding carboxylic acids is 2. The molecule has 0 aromatic heterocycles. The molecule has 0 aliphatic carbocycles. The summed E-state index contributed by atoms with van der Waals surface area (Å²) >= 11 is 0. The van der Waals surface area contributed by atoms with Crippen LogP contribution in [0.4, 0.5) is 0 Å². The summed E-state index contributed by atoms with van der Waals surface area (Å²) in [5, 5.41) is 0. The van der Waals surface area contributed by atoms with E-state index in [2.05, 4.69) is 111 Å². The van der Waals surface area contributed by atoms with Crippen LogP contribution >= 0.6 is 7.82 Å². The molecular formula is C61H107NO8P+. The zero-order chi connectivity index (χ0) is 52.0. The highest BCUT2D eigenvalue weighted by Crippen LogP contribution is 2.43. The van der Waals surface area contributed by atoms with E-state index in [4.69, 9.17) is 18.5 Å². The molecule has 0 aromatic rings. The first-order chi connectivity index (χ1) is 34.5. The Hall–Kier alpha value is -3.07. The molecule has 0 rings (SSSR count). The second kappa shape index (κ2) is 51.8. The summed E-state index contributed by atoms with van der Waals surface area (Å²) in [6.07, 6.45) is 70.4. The van der Waals surface area contributed by atoms with Crippen molar-refractivity contribution < 1.29 is 42.1 Å². The van der Waals surface area contributed by atoms with E-state index in [1.54, 1.807) is 0 Å². The molecule has 0 fully saturated rings. The number of quaternary nitrogens is 1. The van der Waals surface area contributed by atoms with Gasteiger partial charge in [0, 0.05) is 12.8 Å². The SMILES string of the molecule is CC/C=C\C/C=C\C/C=C\C/C=C\C/C=C\C/C=C\CCCCCCCCCCCCCCC(=O)OC(COC(=O)CCCCCCC/C=C\C/C=C\CCCCCC)COP(=O)(O)OCC[N+](C)(C)C. The Balaban J connectivity index is 4.16. The second-order valence-corrected chi connectivity index (χ2v) is 21.4. The van der Waals surface area contributed by atoms with Crippen molar-refractivity contribution in [1.29, 1.82) is 0 Å². The average Bonchev–Trinajstić information content (AvgIpc) is 3.33. The van der Waals surface area contributed by atoms with Gasteiger partial charge in [0.1, 0.15) is 19.8 Å². The summed E-state index contributed by atoms with van der Waals surface area (Å²) < 4.78 is 34.5. The minimum Gasteiger partial charge on any atom is -0.462 e. The van der Waals surface area contributed by atoms with Crippen LogP contribution in [0.5, 0.6) is 0 Å². The van der Waals surface area contributed by atoms with Gasteiger partial charge in [0.2, 0.25) is 0 Å². The number of allylic oxidation sites excluding steroid dienone is 16. The van der Waals surface area contributed by atoms with E-state index < -0.39 is 26.5 Å². The summed E-state index contributed by atoms with van der Waals surface area (Å²) in [6, 6.07) is 0. The van der Waals surface area contributed by atoms with Crippen molar-refractivity contribution in [2.45, 2.75) is 232 Å². The molecule has 2 unspecified atom stereocenters. The first-order valence-electron chi connectivity index (χ1n) is 28.5. The third-order valence-electron chi connectivity index (χ3n) is 11.8. The summed E-state index contributed by atoms with van der Waals surface area (Å²) in [6.45, 7) is 4.28. The van der Waals surface area contributed by atoms with Gasteiger partial charge < -0.3 is 18.9 Å². The molecule has 0 aliphatic heterocycles. The molecule has 0 saturated heterocycles. The van der Waals surface area contributed by atoms with Gasteiger partial charge >= 0.3 is 19.8 Å². The lowest BCUT2D eigenvalue weighted by Gasteiger charge is -2.24. The van der Waals surface area contributed by atoms with Gasteiger partial charge in [0.05, 0.1) is 27.7 Å². The molecule has 0 spiro atoms. The number of hydrogen-bond donors (Lipinski definition) is 1. The van der Waals surface area contributed by atoms with Gasteiger partial charge in [-0.15, -0.1) is 0 Å². The largest absolute Gasteiger partial charge is 0.472 e. The van der Waals surface area contributed by atoms with Gasteiger partial charge in [-0.1, -0.05) is 214 Å². The number of unbranched alkanes of at least 4 members (excludes halogenated alkanes) is 21. The van der Waals surface area contributed by atoms with E-state index in [9.17, 15) is 19.0 Å². The first-order valence-corrected chi connectivity index (χ1v) is 30.0. The fourth-order valence-corrected chi connectivity index (χ4v) is 8.20. The Morgan fingerprint density at radius 3 is 1.20 bits per heavy atom. The molecule has 1 N–H and O–H groups in total. The monoisotopic (exact) mass is 1010 g/mol. The summed E-state index contributed by atoms with van der Waals surface area (Å²) in [7, 11) is 1.46. The maximum absolute atomic E-state index is 12.8. The first kappa shape index (κ1) is 67.9. The molecular weight excluding hydrogens is 906 g/mol. The van der Waals surface area contributed by atoms with Gasteiger partial charge in [-0.3, -0.25) is 18.6 Å². The van der Waals surface area contributed by atoms with Crippen molar-refractivity contribution in [2.75, 3.05) is 47.5 Å². The van der Waals surface area contributed by atoms with Gasteiger partial charge in [-0.05, 0) is 96.3 Å². The summed E-state index contributed by atoms with van der Waals surface area (Å²) in [5.41, 5.74) is 0. The third kappa shape index (κ3) is 56.1. The lowest BCUT2D eigenvalue weighted by molar-refractivity contribution is -0.870. The molecule has 0 amide bonds. The Labute approximate surface area is 436 Å². The van der Waals surface area contributed by atoms with Crippen LogP contribution in [-0.4, -0.2) is 74.9 Å². The van der Waals surface area contributed by atoms with Crippen LogP contribution in [0, 0.1) is 0 Å². The highest BCUT2D eigenvalue weighted by atomic mass is 31.2. The predicted octanol–water partition coefficient (Wildman–Crippen LogP) is 17.6. The number of ether oxygens (including phenoxy) is 2. The van der Waals surface area contributed by atoms with Gasteiger partial charge in [-0.2, -0.15) is 0 Å². The molecule has 0 saturated carbocycles. The third-order valence-corrected chi connectivity index (χ3v) is 12.8. The van der Waals surface area contributed by atoms with E-state index >= 15 is 0 Å². The number of esters is 2. The van der Waals surface area contributed by atoms with E-state index in [1.165, 1.54) is 89.9 Å². The zero-order valence-electron chi connectivity index (χ0n) is 46.2. The molecule has 0 radical (unpaired) electrons. The zero-order valence-corrected chi connectivity index (χ0v) is 47.1. The molecule has 408 valence electrons. The van der Waals surface area contributed by atoms with Crippen molar-refractivity contribution in [1.82, 2.24) is 0 Å². The number of phosphoric ester groups is 1. The quantitative estimate of drug-likeness (QED) is 0.0211. The summed E-state index contributed by atoms with van der Waals surface area (Å²) in [4.78, 5) is 35.6. The van der Waals surface area contributed by atoms with Gasteiger partial charge in [0.15, 0.2) is 6.10 Å². The molecule has 10 heteroatoms. The molecule has 71 heavy (non-hydrogen) atoms. The van der Waals surface area contributed by atoms with E-state index in [0.29, 0.717) is 17.4 Å². The highest BCUT2D eigenvalue weighted by molar-refractivity contribution is 7.47. The van der Waals surface area contributed by atoms with Crippen LogP contribution in [0.25, 0.3) is 0 Å². The number of likely N-dealkylation sites (N-methyl/N-ethyl adjacent to an activating group) is 1. The lowest BCUT2D eigenvalue weighted by Crippen LogP contribution is -2.37. The lowest BCUT2D eigenvalue weighted by atomic mass is 10.0. The van der Waals surface area contributed by atoms with Crippen LogP contribution in [-0.2, 0) is 32.7 Å². The smallest absolute Gasteiger partial charge is 0.462 e. The highest BCUT2D eigenvalue weighted by Gasteiger charge is 2.27. The molecule has 9 nitrogen and oxygen atoms in total. The molecule has 0 aliphatic rings. The number of hydrogen-bond acceptors (Lipinski definition) is 7. The van der Waals surface area contributed by atoms with Crippen molar-refractivity contribution in [3.8, 4) is 0 Å². The predicted molar refractivity (Wildman–Crippen MR) is 302 cm³/mol. The maximum Gasteiger partial charge on any atom is 0.472 e. The van der Waals surface area contributed by atoms with Crippen LogP contribution in [0.2, 0.25) is 0 Å². The Morgan fingerprint density at radius 2 is 0.803 bits per heavy atom. The fraction of sp³-hybridized carbons (Fsp3) is 0.705. The molecule has 0 bridgehead atoms. The van der Waals surface area contributed by atoms with Crippen LogP contribution < -0.4 is 0 Å². The molecule has 0 heterocycles. The van der Waals surface area contributed by atoms with E-state index in [-0.39, 0.29) is 32.0 Å². The average molecular weight is 1010 g/mol. The Morgan fingerprint density at radius 1 is 0.451 bits per heavy atom. The summed E-state index contributed by atoms with van der Waals surface area (Å²) in [5.74, 6) is -0.818. The normalized spacial score (nSPS) is 14.1. The van der Waals surface area contributed by atoms with Crippen molar-refractivity contribution in [3.63, 3.8) is 0 Å². The van der Waals surface area contributed by atoms with Crippen LogP contribution in [0.1, 0.15) is 226 Å². The number of carbonyl (C=O) groups is 2. The fourth-order valence-electron chi connectivity index (χ4n) is 7.46. The van der Waals surface area contributed by atoms with E-state index in [1.807, 2.05) is 21.1 Å². The standard InChI is InChI=1S/C61H106NO8P/c1-6-8-10-12-14-16-18-20-22-24-25-26-27-28-29-30-31-32-33-34-35-36-37-38-40-42-44-46-48-50-52-54-61(64)70-59(58-69-71(65,66)68-56-55-62(3,4)5)57-67-60(63)53-51-49-47-45-43-41-39-23-21-19-17-15-13-11-9-7-2/h8,10,14,16-17,19-20,22-23,25-26,28-29,31-32,39,59H,6-7,9,11-13,15,18,21,24,27,30,33-38,40-58H2,1-5H3/p+1/b10-8-,16-14-,19-17-,22-20-,26-25-,29-28-,32-31-,39-23-. The number of nitrogens with zero attached hydrogens (tertiary/aromatic N) is 1. The Bertz CT molecular complexity index is 1520. The minimum atomic E-state index is -4.39. The number of phosphoric acid groups is 1. The number of rotatable bonds is 51.